The van der Waals surface area contributed by atoms with E-state index in [1.165, 1.54) is 0 Å². The molecule has 0 radical (unpaired) electrons. The molecule has 0 saturated heterocycles. The lowest BCUT2D eigenvalue weighted by Gasteiger charge is -2.08. The summed E-state index contributed by atoms with van der Waals surface area (Å²) in [5.74, 6) is -1.16. The number of fused-ring (bicyclic) bond motifs is 1. The van der Waals surface area contributed by atoms with Crippen molar-refractivity contribution in [2.24, 2.45) is 0 Å². The van der Waals surface area contributed by atoms with E-state index in [-0.39, 0.29) is 17.9 Å². The van der Waals surface area contributed by atoms with Crippen LogP contribution in [0.3, 0.4) is 0 Å². The third kappa shape index (κ3) is 1.84. The Bertz CT molecular complexity index is 672. The predicted octanol–water partition coefficient (Wildman–Crippen LogP) is 1.72. The highest BCUT2D eigenvalue weighted by molar-refractivity contribution is 5.99. The van der Waals surface area contributed by atoms with E-state index < -0.39 is 11.5 Å². The second-order valence-electron chi connectivity index (χ2n) is 3.90. The molecule has 2 N–H and O–H groups in total. The minimum absolute atomic E-state index is 0.142. The summed E-state index contributed by atoms with van der Waals surface area (Å²) in [4.78, 5) is 26.0. The zero-order valence-electron chi connectivity index (χ0n) is 10.1. The number of carbonyl (C=O) groups is 1. The summed E-state index contributed by atoms with van der Waals surface area (Å²) in [6.07, 6.45) is 0. The second-order valence-corrected chi connectivity index (χ2v) is 3.90. The smallest absolute Gasteiger partial charge is 0.347 e. The van der Waals surface area contributed by atoms with E-state index >= 15 is 0 Å². The van der Waals surface area contributed by atoms with E-state index in [1.54, 1.807) is 19.1 Å². The zero-order chi connectivity index (χ0) is 13.3. The first-order valence-electron chi connectivity index (χ1n) is 5.58. The number of aromatic amines is 1. The largest absolute Gasteiger partial charge is 0.506 e. The minimum atomic E-state index is -0.820. The average Bonchev–Trinajstić information content (AvgIpc) is 2.31. The number of aromatic nitrogens is 1. The number of aromatic hydroxyl groups is 1. The Labute approximate surface area is 103 Å². The molecule has 1 aromatic heterocycles. The van der Waals surface area contributed by atoms with Gasteiger partial charge < -0.3 is 14.8 Å². The number of carbonyl (C=O) groups excluding carboxylic acids is 1. The standard InChI is InChI=1S/C13H13NO4/c1-3-18-13(17)9-11(15)8-6-4-5-7(2)10(8)14-12(9)16/h4-6H,3H2,1-2H3,(H2,14,15,16). The Morgan fingerprint density at radius 3 is 2.83 bits per heavy atom. The molecule has 5 nitrogen and oxygen atoms in total. The molecule has 0 fully saturated rings. The Hall–Kier alpha value is -2.30. The van der Waals surface area contributed by atoms with E-state index in [9.17, 15) is 14.7 Å². The van der Waals surface area contributed by atoms with Crippen molar-refractivity contribution in [2.45, 2.75) is 13.8 Å². The molecule has 5 heteroatoms. The van der Waals surface area contributed by atoms with E-state index in [2.05, 4.69) is 4.98 Å². The van der Waals surface area contributed by atoms with Crippen LogP contribution in [0.5, 0.6) is 5.75 Å². The number of H-pyrrole nitrogens is 1. The van der Waals surface area contributed by atoms with Crippen LogP contribution in [0.1, 0.15) is 22.8 Å². The number of hydrogen-bond acceptors (Lipinski definition) is 4. The van der Waals surface area contributed by atoms with Crippen LogP contribution in [0, 0.1) is 6.92 Å². The summed E-state index contributed by atoms with van der Waals surface area (Å²) in [5, 5.41) is 10.5. The Kier molecular flexibility index (Phi) is 3.06. The van der Waals surface area contributed by atoms with Gasteiger partial charge in [-0.05, 0) is 25.5 Å². The van der Waals surface area contributed by atoms with Crippen LogP contribution >= 0.6 is 0 Å². The summed E-state index contributed by atoms with van der Waals surface area (Å²) < 4.78 is 4.75. The van der Waals surface area contributed by atoms with Crippen molar-refractivity contribution in [2.75, 3.05) is 6.61 Å². The monoisotopic (exact) mass is 247 g/mol. The number of pyridine rings is 1. The van der Waals surface area contributed by atoms with Crippen molar-refractivity contribution in [1.82, 2.24) is 4.98 Å². The van der Waals surface area contributed by atoms with Crippen molar-refractivity contribution in [1.29, 1.82) is 0 Å². The molecule has 2 aromatic rings. The van der Waals surface area contributed by atoms with Gasteiger partial charge in [0.05, 0.1) is 12.1 Å². The van der Waals surface area contributed by atoms with Crippen molar-refractivity contribution < 1.29 is 14.6 Å². The van der Waals surface area contributed by atoms with Crippen LogP contribution in [-0.4, -0.2) is 22.7 Å². The van der Waals surface area contributed by atoms with Gasteiger partial charge in [-0.2, -0.15) is 0 Å². The first kappa shape index (κ1) is 12.2. The van der Waals surface area contributed by atoms with Gasteiger partial charge in [-0.1, -0.05) is 12.1 Å². The van der Waals surface area contributed by atoms with E-state index in [1.807, 2.05) is 13.0 Å². The van der Waals surface area contributed by atoms with Gasteiger partial charge >= 0.3 is 5.97 Å². The molecule has 0 aliphatic heterocycles. The summed E-state index contributed by atoms with van der Waals surface area (Å²) >= 11 is 0. The molecule has 18 heavy (non-hydrogen) atoms. The number of benzene rings is 1. The summed E-state index contributed by atoms with van der Waals surface area (Å²) in [7, 11) is 0. The van der Waals surface area contributed by atoms with Crippen LogP contribution in [0.15, 0.2) is 23.0 Å². The number of hydrogen-bond donors (Lipinski definition) is 2. The molecule has 0 atom stereocenters. The number of nitrogens with one attached hydrogen (secondary N) is 1. The number of rotatable bonds is 2. The lowest BCUT2D eigenvalue weighted by atomic mass is 10.1. The molecule has 2 rings (SSSR count). The number of para-hydroxylation sites is 1. The third-order valence-corrected chi connectivity index (χ3v) is 2.71. The van der Waals surface area contributed by atoms with Crippen LogP contribution in [0.2, 0.25) is 0 Å². The van der Waals surface area contributed by atoms with Crippen LogP contribution in [0.25, 0.3) is 10.9 Å². The van der Waals surface area contributed by atoms with Gasteiger partial charge in [0.2, 0.25) is 0 Å². The summed E-state index contributed by atoms with van der Waals surface area (Å²) in [6, 6.07) is 5.18. The van der Waals surface area contributed by atoms with E-state index in [0.717, 1.165) is 5.56 Å². The van der Waals surface area contributed by atoms with Gasteiger partial charge in [-0.25, -0.2) is 4.79 Å². The quantitative estimate of drug-likeness (QED) is 0.792. The van der Waals surface area contributed by atoms with Crippen molar-refractivity contribution in [3.05, 3.63) is 39.7 Å². The molecule has 0 aliphatic rings. The lowest BCUT2D eigenvalue weighted by molar-refractivity contribution is 0.0521. The molecule has 0 spiro atoms. The van der Waals surface area contributed by atoms with E-state index in [4.69, 9.17) is 4.74 Å². The first-order chi connectivity index (χ1) is 8.56. The normalized spacial score (nSPS) is 10.6. The van der Waals surface area contributed by atoms with Gasteiger partial charge in [0.1, 0.15) is 5.75 Å². The van der Waals surface area contributed by atoms with Crippen molar-refractivity contribution in [3.63, 3.8) is 0 Å². The zero-order valence-corrected chi connectivity index (χ0v) is 10.1. The third-order valence-electron chi connectivity index (χ3n) is 2.71. The lowest BCUT2D eigenvalue weighted by Crippen LogP contribution is -2.20. The SMILES string of the molecule is CCOC(=O)c1c(O)c2cccc(C)c2[nH]c1=O. The minimum Gasteiger partial charge on any atom is -0.506 e. The van der Waals surface area contributed by atoms with E-state index in [0.29, 0.717) is 10.9 Å². The molecular formula is C13H13NO4. The molecular weight excluding hydrogens is 234 g/mol. The van der Waals surface area contributed by atoms with Gasteiger partial charge in [-0.15, -0.1) is 0 Å². The Balaban J connectivity index is 2.78. The van der Waals surface area contributed by atoms with Crippen LogP contribution in [0.4, 0.5) is 0 Å². The maximum Gasteiger partial charge on any atom is 0.347 e. The molecule has 0 bridgehead atoms. The molecule has 0 amide bonds. The summed E-state index contributed by atoms with van der Waals surface area (Å²) in [6.45, 7) is 3.58. The molecule has 0 saturated carbocycles. The van der Waals surface area contributed by atoms with Crippen LogP contribution < -0.4 is 5.56 Å². The predicted molar refractivity (Wildman–Crippen MR) is 66.9 cm³/mol. The molecule has 0 unspecified atom stereocenters. The van der Waals surface area contributed by atoms with Gasteiger partial charge in [0, 0.05) is 5.39 Å². The number of esters is 1. The maximum atomic E-state index is 11.8. The fourth-order valence-corrected chi connectivity index (χ4v) is 1.84. The fourth-order valence-electron chi connectivity index (χ4n) is 1.84. The maximum absolute atomic E-state index is 11.8. The van der Waals surface area contributed by atoms with Crippen LogP contribution in [-0.2, 0) is 4.74 Å². The van der Waals surface area contributed by atoms with Crippen molar-refractivity contribution >= 4 is 16.9 Å². The van der Waals surface area contributed by atoms with Gasteiger partial charge in [-0.3, -0.25) is 4.79 Å². The number of aryl methyl sites for hydroxylation is 1. The average molecular weight is 247 g/mol. The fraction of sp³-hybridized carbons (Fsp3) is 0.231. The summed E-state index contributed by atoms with van der Waals surface area (Å²) in [5.41, 5.74) is 0.339. The molecule has 0 aliphatic carbocycles. The molecule has 1 aromatic carbocycles. The second kappa shape index (κ2) is 4.52. The topological polar surface area (TPSA) is 79.4 Å². The van der Waals surface area contributed by atoms with Gasteiger partial charge in [0.15, 0.2) is 5.56 Å². The Morgan fingerprint density at radius 2 is 2.17 bits per heavy atom. The van der Waals surface area contributed by atoms with Gasteiger partial charge in [0.25, 0.3) is 5.56 Å². The number of ether oxygens (including phenoxy) is 1. The highest BCUT2D eigenvalue weighted by Crippen LogP contribution is 2.26. The highest BCUT2D eigenvalue weighted by Gasteiger charge is 2.20. The highest BCUT2D eigenvalue weighted by atomic mass is 16.5. The van der Waals surface area contributed by atoms with Crippen molar-refractivity contribution in [3.8, 4) is 5.75 Å². The first-order valence-corrected chi connectivity index (χ1v) is 5.58. The Morgan fingerprint density at radius 1 is 1.44 bits per heavy atom. The molecule has 94 valence electrons. The molecule has 1 heterocycles.